The lowest BCUT2D eigenvalue weighted by Crippen LogP contribution is -2.36. The fourth-order valence-corrected chi connectivity index (χ4v) is 5.08. The zero-order valence-corrected chi connectivity index (χ0v) is 23.5. The van der Waals surface area contributed by atoms with Gasteiger partial charge in [0.15, 0.2) is 75.4 Å². The van der Waals surface area contributed by atoms with Crippen LogP contribution in [0.1, 0.15) is 18.1 Å². The summed E-state index contributed by atoms with van der Waals surface area (Å²) in [5.41, 5.74) is 7.08. The quantitative estimate of drug-likeness (QED) is 0.206. The number of benzene rings is 1. The Kier molecular flexibility index (Phi) is 8.68. The number of aryl methyl sites for hydroxylation is 2. The fourth-order valence-electron chi connectivity index (χ4n) is 4.59. The van der Waals surface area contributed by atoms with Gasteiger partial charge in [-0.3, -0.25) is 0 Å². The van der Waals surface area contributed by atoms with E-state index in [0.717, 1.165) is 30.8 Å². The third kappa shape index (κ3) is 7.62. The average Bonchev–Trinajstić information content (AvgIpc) is 2.98. The van der Waals surface area contributed by atoms with Gasteiger partial charge in [0.1, 0.15) is 6.54 Å². The molecule has 4 heterocycles. The summed E-state index contributed by atoms with van der Waals surface area (Å²) in [5, 5.41) is 0. The van der Waals surface area contributed by atoms with Gasteiger partial charge in [-0.2, -0.15) is 0 Å². The SMILES string of the molecule is CC[n+]1ccc(-c2cc[n+](Cc3ccc(C[n+]4ccc(-c5cc[n+](CC[P+]([O-])(O)O)cc5)cc4)cc3)cc2)cc1. The highest BCUT2D eigenvalue weighted by atomic mass is 31.2. The molecule has 7 nitrogen and oxygen atoms in total. The van der Waals surface area contributed by atoms with Gasteiger partial charge in [-0.05, 0) is 29.2 Å². The van der Waals surface area contributed by atoms with Crippen LogP contribution in [0, 0.1) is 0 Å². The second kappa shape index (κ2) is 12.5. The largest absolute Gasteiger partial charge is 0.632 e. The summed E-state index contributed by atoms with van der Waals surface area (Å²) in [6.07, 6.45) is 16.2. The number of nitrogens with zero attached hydrogens (tertiary/aromatic N) is 4. The predicted octanol–water partition coefficient (Wildman–Crippen LogP) is 2.39. The first-order chi connectivity index (χ1) is 19.3. The Balaban J connectivity index is 1.15. The van der Waals surface area contributed by atoms with Crippen molar-refractivity contribution in [2.45, 2.75) is 33.1 Å². The van der Waals surface area contributed by atoms with Crippen LogP contribution in [0.2, 0.25) is 0 Å². The van der Waals surface area contributed by atoms with Crippen molar-refractivity contribution in [1.29, 1.82) is 0 Å². The molecule has 0 atom stereocenters. The molecule has 0 radical (unpaired) electrons. The third-order valence-electron chi connectivity index (χ3n) is 7.00. The molecular formula is C32H35N4O3P+4. The molecule has 202 valence electrons. The molecule has 0 saturated carbocycles. The van der Waals surface area contributed by atoms with E-state index < -0.39 is 7.94 Å². The van der Waals surface area contributed by atoms with E-state index in [4.69, 9.17) is 9.79 Å². The molecule has 4 aromatic heterocycles. The van der Waals surface area contributed by atoms with E-state index in [1.165, 1.54) is 22.3 Å². The van der Waals surface area contributed by atoms with Crippen LogP contribution in [-0.2, 0) is 26.2 Å². The molecular weight excluding hydrogens is 519 g/mol. The highest BCUT2D eigenvalue weighted by Gasteiger charge is 2.20. The molecule has 0 aliphatic carbocycles. The number of pyridine rings is 4. The second-order valence-corrected chi connectivity index (χ2v) is 11.7. The van der Waals surface area contributed by atoms with Gasteiger partial charge >= 0.3 is 0 Å². The Morgan fingerprint density at radius 3 is 1.18 bits per heavy atom. The van der Waals surface area contributed by atoms with Crippen LogP contribution in [0.5, 0.6) is 0 Å². The van der Waals surface area contributed by atoms with E-state index in [9.17, 15) is 4.89 Å². The number of rotatable bonds is 10. The average molecular weight is 555 g/mol. The van der Waals surface area contributed by atoms with E-state index in [1.54, 1.807) is 4.57 Å². The lowest BCUT2D eigenvalue weighted by molar-refractivity contribution is -0.693. The van der Waals surface area contributed by atoms with Crippen molar-refractivity contribution >= 4 is 7.94 Å². The van der Waals surface area contributed by atoms with Crippen LogP contribution in [0.25, 0.3) is 22.3 Å². The molecule has 0 bridgehead atoms. The summed E-state index contributed by atoms with van der Waals surface area (Å²) < 4.78 is 8.30. The normalized spacial score (nSPS) is 11.5. The molecule has 5 aromatic rings. The van der Waals surface area contributed by atoms with Gasteiger partial charge in [0.2, 0.25) is 7.94 Å². The molecule has 8 heteroatoms. The number of hydrogen-bond donors (Lipinski definition) is 2. The van der Waals surface area contributed by atoms with Crippen LogP contribution in [0.15, 0.2) is 122 Å². The maximum atomic E-state index is 11.1. The second-order valence-electron chi connectivity index (χ2n) is 9.96. The first kappa shape index (κ1) is 27.7. The lowest BCUT2D eigenvalue weighted by Gasteiger charge is -2.12. The van der Waals surface area contributed by atoms with Crippen LogP contribution < -0.4 is 23.2 Å². The molecule has 40 heavy (non-hydrogen) atoms. The molecule has 2 N–H and O–H groups in total. The van der Waals surface area contributed by atoms with Gasteiger partial charge in [-0.15, -0.1) is 0 Å². The van der Waals surface area contributed by atoms with Gasteiger partial charge < -0.3 is 4.89 Å². The molecule has 1 aromatic carbocycles. The third-order valence-corrected chi connectivity index (χ3v) is 7.78. The molecule has 0 spiro atoms. The van der Waals surface area contributed by atoms with E-state index >= 15 is 0 Å². The van der Waals surface area contributed by atoms with Crippen molar-refractivity contribution in [3.63, 3.8) is 0 Å². The van der Waals surface area contributed by atoms with Crippen LogP contribution >= 0.6 is 7.94 Å². The minimum atomic E-state index is -3.99. The molecule has 0 aliphatic heterocycles. The van der Waals surface area contributed by atoms with E-state index in [2.05, 4.69) is 118 Å². The monoisotopic (exact) mass is 554 g/mol. The first-order valence-corrected chi connectivity index (χ1v) is 15.2. The first-order valence-electron chi connectivity index (χ1n) is 13.4. The maximum absolute atomic E-state index is 11.1. The highest BCUT2D eigenvalue weighted by molar-refractivity contribution is 7.57. The molecule has 0 aliphatic rings. The van der Waals surface area contributed by atoms with Crippen LogP contribution in [0.3, 0.4) is 0 Å². The topological polar surface area (TPSA) is 79.0 Å². The van der Waals surface area contributed by atoms with Gasteiger partial charge in [-0.25, -0.2) is 28.1 Å². The van der Waals surface area contributed by atoms with Gasteiger partial charge in [0.25, 0.3) is 0 Å². The molecule has 0 amide bonds. The molecule has 0 fully saturated rings. The zero-order valence-electron chi connectivity index (χ0n) is 22.6. The Bertz CT molecular complexity index is 1520. The summed E-state index contributed by atoms with van der Waals surface area (Å²) in [4.78, 5) is 29.2. The zero-order chi connectivity index (χ0) is 28.0. The summed E-state index contributed by atoms with van der Waals surface area (Å²) in [5.74, 6) is 0. The molecule has 0 saturated heterocycles. The summed E-state index contributed by atoms with van der Waals surface area (Å²) in [7, 11) is -3.99. The Morgan fingerprint density at radius 2 is 0.850 bits per heavy atom. The maximum Gasteiger partial charge on any atom is 0.236 e. The summed E-state index contributed by atoms with van der Waals surface area (Å²) in [6, 6.07) is 25.5. The number of hydrogen-bond acceptors (Lipinski definition) is 3. The number of aromatic nitrogens is 4. The molecule has 5 rings (SSSR count). The smallest absolute Gasteiger partial charge is 0.236 e. The lowest BCUT2D eigenvalue weighted by atomic mass is 10.1. The Morgan fingerprint density at radius 1 is 0.525 bits per heavy atom. The van der Waals surface area contributed by atoms with Crippen LogP contribution in [-0.4, -0.2) is 15.9 Å². The minimum Gasteiger partial charge on any atom is -0.632 e. The van der Waals surface area contributed by atoms with Crippen molar-refractivity contribution in [3.05, 3.63) is 133 Å². The summed E-state index contributed by atoms with van der Waals surface area (Å²) in [6.45, 7) is 5.01. The Labute approximate surface area is 235 Å². The van der Waals surface area contributed by atoms with E-state index in [-0.39, 0.29) is 12.7 Å². The Hall–Kier alpha value is -3.87. The standard InChI is InChI=1S/C32H33N4O3P/c1-2-33-15-7-29(8-16-33)31-11-19-35(20-12-31)25-27-3-5-28(6-4-27)26-36-21-13-32(14-22-36)30-9-17-34(18-10-30)23-24-40(37,38)39/h3-22H,2,23-26H2,1H3/q+2/p+2. The van der Waals surface area contributed by atoms with Gasteiger partial charge in [0, 0.05) is 59.7 Å². The van der Waals surface area contributed by atoms with Crippen molar-refractivity contribution in [3.8, 4) is 22.3 Å². The van der Waals surface area contributed by atoms with Crippen molar-refractivity contribution < 1.29 is 32.9 Å². The van der Waals surface area contributed by atoms with E-state index in [1.807, 2.05) is 24.5 Å². The van der Waals surface area contributed by atoms with E-state index in [0.29, 0.717) is 0 Å². The van der Waals surface area contributed by atoms with Crippen LogP contribution in [0.4, 0.5) is 0 Å². The minimum absolute atomic E-state index is 0.163. The predicted molar refractivity (Wildman–Crippen MR) is 151 cm³/mol. The van der Waals surface area contributed by atoms with Crippen molar-refractivity contribution in [1.82, 2.24) is 0 Å². The van der Waals surface area contributed by atoms with Crippen molar-refractivity contribution in [2.75, 3.05) is 6.16 Å². The van der Waals surface area contributed by atoms with Gasteiger partial charge in [-0.1, -0.05) is 24.3 Å². The fraction of sp³-hybridized carbons (Fsp3) is 0.188. The van der Waals surface area contributed by atoms with Gasteiger partial charge in [0.05, 0.1) is 0 Å². The van der Waals surface area contributed by atoms with Crippen molar-refractivity contribution in [2.24, 2.45) is 0 Å². The summed E-state index contributed by atoms with van der Waals surface area (Å²) >= 11 is 0. The highest BCUT2D eigenvalue weighted by Crippen LogP contribution is 2.38. The molecule has 0 unspecified atom stereocenters.